The topological polar surface area (TPSA) is 52.6 Å². The second kappa shape index (κ2) is 10.0. The van der Waals surface area contributed by atoms with E-state index in [1.807, 2.05) is 53.7 Å². The van der Waals surface area contributed by atoms with Gasteiger partial charge in [0, 0.05) is 16.2 Å². The Morgan fingerprint density at radius 1 is 0.760 bits per heavy atom. The first-order valence-electron chi connectivity index (χ1n) is 8.82. The van der Waals surface area contributed by atoms with Crippen molar-refractivity contribution in [3.8, 4) is 0 Å². The van der Waals surface area contributed by atoms with Gasteiger partial charge in [-0.3, -0.25) is 9.59 Å². The number of ether oxygens (including phenoxy) is 2. The highest BCUT2D eigenvalue weighted by atomic mass is 16.5. The number of allylic oxidation sites excluding steroid dienone is 2. The zero-order valence-electron chi connectivity index (χ0n) is 16.9. The molecule has 0 spiro atoms. The highest BCUT2D eigenvalue weighted by Crippen LogP contribution is 2.29. The summed E-state index contributed by atoms with van der Waals surface area (Å²) < 4.78 is 11.4. The first-order chi connectivity index (χ1) is 11.4. The molecule has 0 aromatic carbocycles. The van der Waals surface area contributed by atoms with Crippen molar-refractivity contribution in [3.63, 3.8) is 0 Å². The van der Waals surface area contributed by atoms with Gasteiger partial charge in [-0.25, -0.2) is 0 Å². The molecule has 0 amide bonds. The van der Waals surface area contributed by atoms with Gasteiger partial charge >= 0.3 is 0 Å². The number of hydrogen-bond acceptors (Lipinski definition) is 4. The summed E-state index contributed by atoms with van der Waals surface area (Å²) in [6.07, 6.45) is 4.94. The van der Waals surface area contributed by atoms with E-state index in [2.05, 4.69) is 13.2 Å². The molecule has 0 aliphatic heterocycles. The van der Waals surface area contributed by atoms with Crippen LogP contribution in [0.2, 0.25) is 0 Å². The number of ketones is 2. The number of carbonyl (C=O) groups excluding carboxylic acids is 2. The molecule has 0 rings (SSSR count). The van der Waals surface area contributed by atoms with Crippen LogP contribution < -0.4 is 0 Å². The average molecular weight is 353 g/mol. The van der Waals surface area contributed by atoms with E-state index in [1.54, 1.807) is 0 Å². The maximum absolute atomic E-state index is 12.0. The van der Waals surface area contributed by atoms with Crippen LogP contribution >= 0.6 is 0 Å². The summed E-state index contributed by atoms with van der Waals surface area (Å²) in [4.78, 5) is 24.1. The van der Waals surface area contributed by atoms with Gasteiger partial charge in [0.25, 0.3) is 0 Å². The van der Waals surface area contributed by atoms with Crippen LogP contribution in [0.3, 0.4) is 0 Å². The van der Waals surface area contributed by atoms with Crippen LogP contribution in [-0.4, -0.2) is 38.0 Å². The van der Waals surface area contributed by atoms with Crippen molar-refractivity contribution < 1.29 is 19.1 Å². The van der Waals surface area contributed by atoms with Crippen LogP contribution in [0.1, 0.15) is 54.4 Å². The summed E-state index contributed by atoms with van der Waals surface area (Å²) in [7, 11) is 0. The Hall–Kier alpha value is -1.26. The van der Waals surface area contributed by atoms with Crippen LogP contribution in [0.25, 0.3) is 0 Å². The molecule has 0 aliphatic rings. The molecule has 0 atom stereocenters. The zero-order chi connectivity index (χ0) is 19.7. The minimum Gasteiger partial charge on any atom is -0.373 e. The first-order valence-corrected chi connectivity index (χ1v) is 8.82. The molecule has 0 heterocycles. The fourth-order valence-corrected chi connectivity index (χ4v) is 2.13. The third kappa shape index (κ3) is 9.13. The maximum atomic E-state index is 12.0. The van der Waals surface area contributed by atoms with E-state index in [-0.39, 0.29) is 30.2 Å². The molecule has 25 heavy (non-hydrogen) atoms. The van der Waals surface area contributed by atoms with Crippen molar-refractivity contribution in [2.24, 2.45) is 16.2 Å². The van der Waals surface area contributed by atoms with Gasteiger partial charge in [-0.2, -0.15) is 0 Å². The monoisotopic (exact) mass is 352 g/mol. The number of rotatable bonds is 12. The third-order valence-corrected chi connectivity index (χ3v) is 4.11. The van der Waals surface area contributed by atoms with E-state index in [1.165, 1.54) is 0 Å². The van der Waals surface area contributed by atoms with Gasteiger partial charge in [0.15, 0.2) is 11.6 Å². The molecule has 4 heteroatoms. The summed E-state index contributed by atoms with van der Waals surface area (Å²) >= 11 is 0. The lowest BCUT2D eigenvalue weighted by molar-refractivity contribution is -0.135. The SMILES string of the molecule is C=CCC(CC=C)(COCC(=O)C(C)(C)C)COCC(=O)C(C)(C)C. The van der Waals surface area contributed by atoms with Crippen LogP contribution in [-0.2, 0) is 19.1 Å². The van der Waals surface area contributed by atoms with E-state index in [0.717, 1.165) is 0 Å². The lowest BCUT2D eigenvalue weighted by Gasteiger charge is -2.32. The number of carbonyl (C=O) groups is 2. The van der Waals surface area contributed by atoms with E-state index >= 15 is 0 Å². The molecule has 0 aromatic heterocycles. The van der Waals surface area contributed by atoms with Gasteiger partial charge in [0.2, 0.25) is 0 Å². The molecule has 0 bridgehead atoms. The summed E-state index contributed by atoms with van der Waals surface area (Å²) in [6, 6.07) is 0. The predicted octanol–water partition coefficient (Wildman–Crippen LogP) is 4.39. The Kier molecular flexibility index (Phi) is 9.52. The van der Waals surface area contributed by atoms with Crippen molar-refractivity contribution in [1.82, 2.24) is 0 Å². The lowest BCUT2D eigenvalue weighted by atomic mass is 9.82. The zero-order valence-corrected chi connectivity index (χ0v) is 16.9. The van der Waals surface area contributed by atoms with E-state index < -0.39 is 10.8 Å². The molecule has 0 fully saturated rings. The van der Waals surface area contributed by atoms with Crippen molar-refractivity contribution in [1.29, 1.82) is 0 Å². The highest BCUT2D eigenvalue weighted by molar-refractivity contribution is 5.85. The second-order valence-corrected chi connectivity index (χ2v) is 8.82. The number of Topliss-reactive ketones (excluding diaryl/α,β-unsaturated/α-hetero) is 2. The smallest absolute Gasteiger partial charge is 0.163 e. The van der Waals surface area contributed by atoms with Crippen molar-refractivity contribution in [3.05, 3.63) is 25.3 Å². The van der Waals surface area contributed by atoms with Crippen LogP contribution in [0, 0.1) is 16.2 Å². The van der Waals surface area contributed by atoms with Crippen LogP contribution in [0.4, 0.5) is 0 Å². The Morgan fingerprint density at radius 3 is 1.32 bits per heavy atom. The average Bonchev–Trinajstić information content (AvgIpc) is 2.45. The van der Waals surface area contributed by atoms with E-state index in [4.69, 9.17) is 9.47 Å². The maximum Gasteiger partial charge on any atom is 0.163 e. The molecule has 0 aromatic rings. The Labute approximate surface area is 153 Å². The second-order valence-electron chi connectivity index (χ2n) is 8.82. The molecule has 0 N–H and O–H groups in total. The van der Waals surface area contributed by atoms with Gasteiger partial charge in [-0.05, 0) is 12.8 Å². The highest BCUT2D eigenvalue weighted by Gasteiger charge is 2.31. The molecule has 4 nitrogen and oxygen atoms in total. The van der Waals surface area contributed by atoms with Crippen molar-refractivity contribution in [2.75, 3.05) is 26.4 Å². The van der Waals surface area contributed by atoms with Crippen LogP contribution in [0.15, 0.2) is 25.3 Å². The largest absolute Gasteiger partial charge is 0.373 e. The lowest BCUT2D eigenvalue weighted by Crippen LogP contribution is -2.35. The van der Waals surface area contributed by atoms with Gasteiger partial charge in [-0.15, -0.1) is 13.2 Å². The van der Waals surface area contributed by atoms with E-state index in [9.17, 15) is 9.59 Å². The van der Waals surface area contributed by atoms with Crippen molar-refractivity contribution >= 4 is 11.6 Å². The molecule has 0 radical (unpaired) electrons. The molecule has 0 saturated carbocycles. The predicted molar refractivity (Wildman–Crippen MR) is 103 cm³/mol. The Morgan fingerprint density at radius 2 is 1.08 bits per heavy atom. The van der Waals surface area contributed by atoms with Crippen LogP contribution in [0.5, 0.6) is 0 Å². The van der Waals surface area contributed by atoms with Crippen molar-refractivity contribution in [2.45, 2.75) is 54.4 Å². The summed E-state index contributed by atoms with van der Waals surface area (Å²) in [5.41, 5.74) is -1.20. The molecule has 0 aliphatic carbocycles. The summed E-state index contributed by atoms with van der Waals surface area (Å²) in [6.45, 7) is 19.7. The first kappa shape index (κ1) is 23.7. The third-order valence-electron chi connectivity index (χ3n) is 4.11. The van der Waals surface area contributed by atoms with Gasteiger partial charge in [0.05, 0.1) is 13.2 Å². The molecule has 144 valence electrons. The quantitative estimate of drug-likeness (QED) is 0.489. The normalized spacial score (nSPS) is 12.7. The number of hydrogen-bond donors (Lipinski definition) is 0. The molecule has 0 unspecified atom stereocenters. The Bertz CT molecular complexity index is 419. The fraction of sp³-hybridized carbons (Fsp3) is 0.714. The van der Waals surface area contributed by atoms with Gasteiger partial charge < -0.3 is 9.47 Å². The van der Waals surface area contributed by atoms with E-state index in [0.29, 0.717) is 26.1 Å². The summed E-state index contributed by atoms with van der Waals surface area (Å²) in [5, 5.41) is 0. The fourth-order valence-electron chi connectivity index (χ4n) is 2.13. The molecular formula is C21H36O4. The van der Waals surface area contributed by atoms with Gasteiger partial charge in [0.1, 0.15) is 13.2 Å². The minimum absolute atomic E-state index is 0.0578. The van der Waals surface area contributed by atoms with Gasteiger partial charge in [-0.1, -0.05) is 53.7 Å². The minimum atomic E-state index is -0.421. The summed E-state index contributed by atoms with van der Waals surface area (Å²) in [5.74, 6) is 0.116. The standard InChI is InChI=1S/C21H36O4/c1-9-11-21(12-10-2,15-24-13-17(22)19(3,4)5)16-25-14-18(23)20(6,7)8/h9-10H,1-2,11-16H2,3-8H3. The Balaban J connectivity index is 4.82. The molecular weight excluding hydrogens is 316 g/mol. The molecule has 0 saturated heterocycles.